The molecule has 7 heteroatoms. The maximum Gasteiger partial charge on any atom is 0.248 e. The number of hydrogen-bond donors (Lipinski definition) is 2. The molecule has 0 aromatic heterocycles. The molecule has 2 amide bonds. The molecule has 0 saturated carbocycles. The number of benzene rings is 2. The maximum absolute atomic E-state index is 12.1. The number of carbonyl (C=O) groups excluding carboxylic acids is 2. The van der Waals surface area contributed by atoms with Gasteiger partial charge >= 0.3 is 0 Å². The van der Waals surface area contributed by atoms with Crippen molar-refractivity contribution in [3.8, 4) is 0 Å². The van der Waals surface area contributed by atoms with Crippen LogP contribution in [0.3, 0.4) is 0 Å². The second-order valence-electron chi connectivity index (χ2n) is 5.48. The fraction of sp³-hybridized carbons (Fsp3) is 0.158. The third-order valence-electron chi connectivity index (χ3n) is 3.36. The molecule has 2 aromatic carbocycles. The lowest BCUT2D eigenvalue weighted by Crippen LogP contribution is -2.12. The van der Waals surface area contributed by atoms with E-state index in [1.165, 1.54) is 6.08 Å². The Morgan fingerprint density at radius 2 is 1.77 bits per heavy atom. The Morgan fingerprint density at radius 1 is 1.00 bits per heavy atom. The molecule has 0 aliphatic rings. The van der Waals surface area contributed by atoms with Crippen LogP contribution in [-0.4, -0.2) is 11.8 Å². The van der Waals surface area contributed by atoms with Gasteiger partial charge in [-0.1, -0.05) is 47.8 Å². The van der Waals surface area contributed by atoms with Crippen LogP contribution in [0.4, 0.5) is 11.4 Å². The smallest absolute Gasteiger partial charge is 0.248 e. The molecule has 0 heterocycles. The Labute approximate surface area is 167 Å². The van der Waals surface area contributed by atoms with Gasteiger partial charge in [-0.15, -0.1) is 0 Å². The van der Waals surface area contributed by atoms with Gasteiger partial charge in [-0.3, -0.25) is 9.59 Å². The van der Waals surface area contributed by atoms with Gasteiger partial charge in [0.25, 0.3) is 0 Å². The van der Waals surface area contributed by atoms with Crippen molar-refractivity contribution in [3.05, 3.63) is 63.1 Å². The molecular weight excluding hydrogens is 395 g/mol. The molecule has 0 aliphatic heterocycles. The summed E-state index contributed by atoms with van der Waals surface area (Å²) < 4.78 is 0. The lowest BCUT2D eigenvalue weighted by molar-refractivity contribution is -0.116. The van der Waals surface area contributed by atoms with Crippen molar-refractivity contribution in [3.63, 3.8) is 0 Å². The molecule has 0 bridgehead atoms. The van der Waals surface area contributed by atoms with E-state index in [9.17, 15) is 9.59 Å². The summed E-state index contributed by atoms with van der Waals surface area (Å²) in [6.07, 6.45) is 4.10. The third kappa shape index (κ3) is 6.06. The number of hydrogen-bond acceptors (Lipinski definition) is 2. The predicted octanol–water partition coefficient (Wildman–Crippen LogP) is 6.04. The summed E-state index contributed by atoms with van der Waals surface area (Å²) in [5, 5.41) is 6.77. The Morgan fingerprint density at radius 3 is 2.46 bits per heavy atom. The summed E-state index contributed by atoms with van der Waals surface area (Å²) in [6.45, 7) is 1.92. The molecule has 0 unspecified atom stereocenters. The van der Waals surface area contributed by atoms with E-state index in [4.69, 9.17) is 34.8 Å². The van der Waals surface area contributed by atoms with Gasteiger partial charge in [0.05, 0.1) is 10.7 Å². The van der Waals surface area contributed by atoms with Gasteiger partial charge in [-0.2, -0.15) is 0 Å². The number of nitrogens with one attached hydrogen (secondary N) is 2. The van der Waals surface area contributed by atoms with Crippen LogP contribution in [0.1, 0.15) is 25.3 Å². The average molecular weight is 412 g/mol. The highest BCUT2D eigenvalue weighted by Crippen LogP contribution is 2.26. The van der Waals surface area contributed by atoms with Crippen LogP contribution in [0, 0.1) is 0 Å². The molecule has 0 spiro atoms. The van der Waals surface area contributed by atoms with Crippen LogP contribution >= 0.6 is 34.8 Å². The van der Waals surface area contributed by atoms with Gasteiger partial charge in [0, 0.05) is 28.2 Å². The molecule has 4 nitrogen and oxygen atoms in total. The fourth-order valence-corrected chi connectivity index (χ4v) is 2.76. The van der Waals surface area contributed by atoms with Crippen molar-refractivity contribution in [2.45, 2.75) is 19.8 Å². The minimum atomic E-state index is -0.380. The van der Waals surface area contributed by atoms with Gasteiger partial charge in [-0.25, -0.2) is 0 Å². The second-order valence-corrected chi connectivity index (χ2v) is 6.73. The summed E-state index contributed by atoms with van der Waals surface area (Å²) in [5.41, 5.74) is 1.63. The maximum atomic E-state index is 12.1. The average Bonchev–Trinajstić information content (AvgIpc) is 2.57. The van der Waals surface area contributed by atoms with Crippen LogP contribution in [-0.2, 0) is 9.59 Å². The Hall–Kier alpha value is -2.01. The zero-order valence-corrected chi connectivity index (χ0v) is 16.3. The monoisotopic (exact) mass is 410 g/mol. The van der Waals surface area contributed by atoms with Gasteiger partial charge in [0.2, 0.25) is 11.8 Å². The quantitative estimate of drug-likeness (QED) is 0.569. The Balaban J connectivity index is 2.08. The van der Waals surface area contributed by atoms with Gasteiger partial charge in [-0.05, 0) is 48.4 Å². The van der Waals surface area contributed by atoms with Gasteiger partial charge in [0.15, 0.2) is 0 Å². The van der Waals surface area contributed by atoms with Crippen molar-refractivity contribution in [1.82, 2.24) is 0 Å². The summed E-state index contributed by atoms with van der Waals surface area (Å²) in [7, 11) is 0. The highest BCUT2D eigenvalue weighted by molar-refractivity contribution is 6.35. The van der Waals surface area contributed by atoms with Crippen molar-refractivity contribution >= 4 is 64.1 Å². The molecular formula is C19H17Cl3N2O2. The van der Waals surface area contributed by atoms with E-state index < -0.39 is 0 Å². The van der Waals surface area contributed by atoms with Crippen LogP contribution in [0.15, 0.2) is 42.5 Å². The zero-order chi connectivity index (χ0) is 19.1. The number of rotatable bonds is 6. The molecule has 0 aliphatic carbocycles. The van der Waals surface area contributed by atoms with Crippen molar-refractivity contribution in [2.24, 2.45) is 0 Å². The first-order valence-corrected chi connectivity index (χ1v) is 9.06. The lowest BCUT2D eigenvalue weighted by atomic mass is 10.2. The normalized spacial score (nSPS) is 10.8. The highest BCUT2D eigenvalue weighted by atomic mass is 35.5. The summed E-state index contributed by atoms with van der Waals surface area (Å²) in [6, 6.07) is 9.89. The first-order chi connectivity index (χ1) is 12.4. The van der Waals surface area contributed by atoms with Crippen LogP contribution < -0.4 is 10.6 Å². The number of halogens is 3. The minimum absolute atomic E-state index is 0.0932. The molecule has 136 valence electrons. The minimum Gasteiger partial charge on any atom is -0.326 e. The van der Waals surface area contributed by atoms with Crippen LogP contribution in [0.5, 0.6) is 0 Å². The zero-order valence-electron chi connectivity index (χ0n) is 14.0. The standard InChI is InChI=1S/C19H17Cl3N2O2/c1-2-3-18(25)23-14-7-8-15(21)17(11-14)24-19(26)9-5-12-4-6-13(20)10-16(12)22/h4-11H,2-3H2,1H3,(H,23,25)(H,24,26). The molecule has 2 N–H and O–H groups in total. The topological polar surface area (TPSA) is 58.2 Å². The van der Waals surface area contributed by atoms with Gasteiger partial charge < -0.3 is 10.6 Å². The highest BCUT2D eigenvalue weighted by Gasteiger charge is 2.07. The third-order valence-corrected chi connectivity index (χ3v) is 4.25. The fourth-order valence-electron chi connectivity index (χ4n) is 2.13. The summed E-state index contributed by atoms with van der Waals surface area (Å²) in [5.74, 6) is -0.473. The Kier molecular flexibility index (Phi) is 7.51. The Bertz CT molecular complexity index is 851. The van der Waals surface area contributed by atoms with E-state index >= 15 is 0 Å². The van der Waals surface area contributed by atoms with Crippen LogP contribution in [0.25, 0.3) is 6.08 Å². The SMILES string of the molecule is CCCC(=O)Nc1ccc(Cl)c(NC(=O)C=Cc2ccc(Cl)cc2Cl)c1. The van der Waals surface area contributed by atoms with Crippen molar-refractivity contribution in [2.75, 3.05) is 10.6 Å². The summed E-state index contributed by atoms with van der Waals surface area (Å²) in [4.78, 5) is 23.8. The predicted molar refractivity (Wildman–Crippen MR) is 109 cm³/mol. The van der Waals surface area contributed by atoms with E-state index in [-0.39, 0.29) is 11.8 Å². The molecule has 0 radical (unpaired) electrons. The second kappa shape index (κ2) is 9.62. The lowest BCUT2D eigenvalue weighted by Gasteiger charge is -2.09. The van der Waals surface area contributed by atoms with Crippen molar-refractivity contribution in [1.29, 1.82) is 0 Å². The molecule has 0 saturated heterocycles. The molecule has 0 fully saturated rings. The van der Waals surface area contributed by atoms with E-state index in [1.807, 2.05) is 6.92 Å². The van der Waals surface area contributed by atoms with E-state index in [0.29, 0.717) is 38.4 Å². The van der Waals surface area contributed by atoms with E-state index in [2.05, 4.69) is 10.6 Å². The van der Waals surface area contributed by atoms with E-state index in [1.54, 1.807) is 42.5 Å². The van der Waals surface area contributed by atoms with Crippen molar-refractivity contribution < 1.29 is 9.59 Å². The molecule has 2 aromatic rings. The summed E-state index contributed by atoms with van der Waals surface area (Å²) >= 11 is 18.0. The van der Waals surface area contributed by atoms with E-state index in [0.717, 1.165) is 6.42 Å². The largest absolute Gasteiger partial charge is 0.326 e. The molecule has 0 atom stereocenters. The first-order valence-electron chi connectivity index (χ1n) is 7.92. The number of carbonyl (C=O) groups is 2. The molecule has 2 rings (SSSR count). The number of anilines is 2. The molecule has 26 heavy (non-hydrogen) atoms. The first kappa shape index (κ1) is 20.3. The van der Waals surface area contributed by atoms with Gasteiger partial charge in [0.1, 0.15) is 0 Å². The number of amides is 2. The van der Waals surface area contributed by atoms with Crippen LogP contribution in [0.2, 0.25) is 15.1 Å².